The molecule has 0 saturated carbocycles. The Bertz CT molecular complexity index is 739. The van der Waals surface area contributed by atoms with Crippen LogP contribution in [-0.4, -0.2) is 25.5 Å². The van der Waals surface area contributed by atoms with Crippen molar-refractivity contribution in [3.8, 4) is 5.88 Å². The smallest absolute Gasteiger partial charge is 0.264 e. The number of methoxy groups -OCH3 is 1. The molecule has 0 amide bonds. The van der Waals surface area contributed by atoms with E-state index in [-0.39, 0.29) is 21.9 Å². The van der Waals surface area contributed by atoms with E-state index in [9.17, 15) is 12.8 Å². The van der Waals surface area contributed by atoms with Crippen LogP contribution < -0.4 is 9.46 Å². The fourth-order valence-corrected chi connectivity index (χ4v) is 2.51. The average Bonchev–Trinajstić information content (AvgIpc) is 2.37. The summed E-state index contributed by atoms with van der Waals surface area (Å²) in [6, 6.07) is 5.86. The number of aromatic nitrogens is 2. The van der Waals surface area contributed by atoms with Gasteiger partial charge in [-0.3, -0.25) is 0 Å². The highest BCUT2D eigenvalue weighted by atomic mass is 35.5. The van der Waals surface area contributed by atoms with Crippen molar-refractivity contribution in [1.29, 1.82) is 0 Å². The molecule has 0 aliphatic heterocycles. The lowest BCUT2D eigenvalue weighted by Gasteiger charge is -2.08. The molecule has 1 heterocycles. The molecule has 9 heteroatoms. The Morgan fingerprint density at radius 3 is 2.70 bits per heavy atom. The molecule has 0 radical (unpaired) electrons. The summed E-state index contributed by atoms with van der Waals surface area (Å²) < 4.78 is 44.0. The lowest BCUT2D eigenvalue weighted by atomic mass is 10.4. The Morgan fingerprint density at radius 1 is 1.30 bits per heavy atom. The number of rotatable bonds is 4. The van der Waals surface area contributed by atoms with Crippen molar-refractivity contribution in [2.24, 2.45) is 0 Å². The van der Waals surface area contributed by atoms with Gasteiger partial charge in [0.2, 0.25) is 11.8 Å². The maximum absolute atomic E-state index is 13.1. The van der Waals surface area contributed by atoms with Crippen molar-refractivity contribution in [3.63, 3.8) is 0 Å². The molecule has 1 aromatic carbocycles. The fourth-order valence-electron chi connectivity index (χ4n) is 1.36. The predicted octanol–water partition coefficient (Wildman–Crippen LogP) is 2.08. The highest BCUT2D eigenvalue weighted by molar-refractivity contribution is 7.92. The van der Waals surface area contributed by atoms with Crippen molar-refractivity contribution in [2.75, 3.05) is 11.8 Å². The second-order valence-corrected chi connectivity index (χ2v) is 5.69. The van der Waals surface area contributed by atoms with Crippen LogP contribution in [0.1, 0.15) is 0 Å². The Hall–Kier alpha value is -1.93. The molecule has 106 valence electrons. The van der Waals surface area contributed by atoms with Crippen LogP contribution in [0.2, 0.25) is 5.15 Å². The highest BCUT2D eigenvalue weighted by Crippen LogP contribution is 2.19. The summed E-state index contributed by atoms with van der Waals surface area (Å²) >= 11 is 5.70. The van der Waals surface area contributed by atoms with Crippen molar-refractivity contribution in [3.05, 3.63) is 41.3 Å². The van der Waals surface area contributed by atoms with Crippen molar-refractivity contribution >= 4 is 27.6 Å². The zero-order valence-electron chi connectivity index (χ0n) is 10.2. The number of hydrogen-bond acceptors (Lipinski definition) is 5. The first-order valence-corrected chi connectivity index (χ1v) is 7.14. The van der Waals surface area contributed by atoms with Gasteiger partial charge < -0.3 is 4.74 Å². The third kappa shape index (κ3) is 3.34. The van der Waals surface area contributed by atoms with E-state index in [1.807, 2.05) is 0 Å². The number of ether oxygens (including phenoxy) is 1. The second kappa shape index (κ2) is 5.59. The molecule has 0 atom stereocenters. The summed E-state index contributed by atoms with van der Waals surface area (Å²) in [6.45, 7) is 0. The van der Waals surface area contributed by atoms with Crippen LogP contribution in [0, 0.1) is 5.82 Å². The fraction of sp³-hybridized carbons (Fsp3) is 0.0909. The number of hydrogen-bond donors (Lipinski definition) is 1. The Kier molecular flexibility index (Phi) is 4.05. The Labute approximate surface area is 119 Å². The average molecular weight is 318 g/mol. The summed E-state index contributed by atoms with van der Waals surface area (Å²) in [6.07, 6.45) is 0. The zero-order valence-corrected chi connectivity index (χ0v) is 11.7. The number of sulfonamides is 1. The third-order valence-corrected chi connectivity index (χ3v) is 3.73. The minimum absolute atomic E-state index is 0.00814. The molecule has 0 spiro atoms. The van der Waals surface area contributed by atoms with Crippen LogP contribution in [0.4, 0.5) is 10.3 Å². The minimum atomic E-state index is -4.01. The van der Waals surface area contributed by atoms with Crippen molar-refractivity contribution in [1.82, 2.24) is 9.97 Å². The topological polar surface area (TPSA) is 81.2 Å². The summed E-state index contributed by atoms with van der Waals surface area (Å²) in [4.78, 5) is 7.24. The summed E-state index contributed by atoms with van der Waals surface area (Å²) in [7, 11) is -2.66. The van der Waals surface area contributed by atoms with Gasteiger partial charge in [0.1, 0.15) is 11.0 Å². The van der Waals surface area contributed by atoms with Gasteiger partial charge in [-0.2, -0.15) is 4.98 Å². The first-order chi connectivity index (χ1) is 9.40. The number of benzene rings is 1. The number of anilines is 1. The molecular weight excluding hydrogens is 309 g/mol. The maximum Gasteiger partial charge on any atom is 0.264 e. The monoisotopic (exact) mass is 317 g/mol. The van der Waals surface area contributed by atoms with Crippen LogP contribution in [0.25, 0.3) is 0 Å². The van der Waals surface area contributed by atoms with Crippen molar-refractivity contribution < 1.29 is 17.5 Å². The van der Waals surface area contributed by atoms with E-state index in [0.29, 0.717) is 0 Å². The minimum Gasteiger partial charge on any atom is -0.481 e. The summed E-state index contributed by atoms with van der Waals surface area (Å²) in [5.41, 5.74) is 0. The van der Waals surface area contributed by atoms with Crippen LogP contribution in [-0.2, 0) is 10.0 Å². The van der Waals surface area contributed by atoms with Crippen LogP contribution in [0.3, 0.4) is 0 Å². The second-order valence-electron chi connectivity index (χ2n) is 3.62. The molecule has 0 unspecified atom stereocenters. The molecule has 1 N–H and O–H groups in total. The van der Waals surface area contributed by atoms with Crippen LogP contribution >= 0.6 is 11.6 Å². The van der Waals surface area contributed by atoms with Gasteiger partial charge in [0.25, 0.3) is 10.0 Å². The van der Waals surface area contributed by atoms with Gasteiger partial charge in [-0.1, -0.05) is 17.7 Å². The Morgan fingerprint density at radius 2 is 2.05 bits per heavy atom. The quantitative estimate of drug-likeness (QED) is 0.873. The number of halogens is 2. The van der Waals surface area contributed by atoms with E-state index in [2.05, 4.69) is 14.7 Å². The lowest BCUT2D eigenvalue weighted by Crippen LogP contribution is -2.15. The van der Waals surface area contributed by atoms with Gasteiger partial charge in [-0.05, 0) is 18.2 Å². The van der Waals surface area contributed by atoms with Crippen LogP contribution in [0.15, 0.2) is 35.2 Å². The number of nitrogens with one attached hydrogen (secondary N) is 1. The molecule has 20 heavy (non-hydrogen) atoms. The molecule has 0 aliphatic rings. The third-order valence-electron chi connectivity index (χ3n) is 2.21. The standard InChI is InChI=1S/C11H9ClFN3O3S/c1-19-10-6-9(12)14-11(15-10)16-20(17,18)8-4-2-3-7(13)5-8/h2-6H,1H3,(H,14,15,16). The molecule has 0 fully saturated rings. The molecule has 2 rings (SSSR count). The first kappa shape index (κ1) is 14.5. The molecular formula is C11H9ClFN3O3S. The van der Waals surface area contributed by atoms with E-state index in [1.165, 1.54) is 25.3 Å². The highest BCUT2D eigenvalue weighted by Gasteiger charge is 2.17. The maximum atomic E-state index is 13.1. The predicted molar refractivity (Wildman–Crippen MR) is 70.8 cm³/mol. The van der Waals surface area contributed by atoms with E-state index < -0.39 is 15.8 Å². The molecule has 1 aromatic heterocycles. The largest absolute Gasteiger partial charge is 0.481 e. The van der Waals surface area contributed by atoms with Gasteiger partial charge in [-0.25, -0.2) is 22.5 Å². The van der Waals surface area contributed by atoms with E-state index in [0.717, 1.165) is 12.1 Å². The zero-order chi connectivity index (χ0) is 14.8. The van der Waals surface area contributed by atoms with E-state index >= 15 is 0 Å². The van der Waals surface area contributed by atoms with Gasteiger partial charge in [0, 0.05) is 6.07 Å². The number of nitrogens with zero attached hydrogens (tertiary/aromatic N) is 2. The normalized spacial score (nSPS) is 11.2. The summed E-state index contributed by atoms with van der Waals surface area (Å²) in [5, 5.41) is 0.00814. The molecule has 2 aromatic rings. The van der Waals surface area contributed by atoms with Gasteiger partial charge in [0.05, 0.1) is 12.0 Å². The SMILES string of the molecule is COc1cc(Cl)nc(NS(=O)(=O)c2cccc(F)c2)n1. The van der Waals surface area contributed by atoms with E-state index in [1.54, 1.807) is 0 Å². The van der Waals surface area contributed by atoms with Gasteiger partial charge in [0.15, 0.2) is 0 Å². The first-order valence-electron chi connectivity index (χ1n) is 5.28. The van der Waals surface area contributed by atoms with Crippen LogP contribution in [0.5, 0.6) is 5.88 Å². The van der Waals surface area contributed by atoms with Gasteiger partial charge in [-0.15, -0.1) is 0 Å². The molecule has 6 nitrogen and oxygen atoms in total. The summed E-state index contributed by atoms with van der Waals surface area (Å²) in [5.74, 6) is -0.835. The Balaban J connectivity index is 2.35. The lowest BCUT2D eigenvalue weighted by molar-refractivity contribution is 0.397. The molecule has 0 bridgehead atoms. The van der Waals surface area contributed by atoms with Crippen molar-refractivity contribution in [2.45, 2.75) is 4.90 Å². The van der Waals surface area contributed by atoms with E-state index in [4.69, 9.17) is 16.3 Å². The molecule has 0 saturated heterocycles. The molecule has 0 aliphatic carbocycles. The van der Waals surface area contributed by atoms with Gasteiger partial charge >= 0.3 is 0 Å².